The van der Waals surface area contributed by atoms with Gasteiger partial charge in [0.25, 0.3) is 0 Å². The van der Waals surface area contributed by atoms with Gasteiger partial charge in [-0.3, -0.25) is 15.0 Å². The molecular formula is C21H30FN3O4. The third-order valence-electron chi connectivity index (χ3n) is 5.16. The van der Waals surface area contributed by atoms with Crippen LogP contribution in [0.15, 0.2) is 18.2 Å². The van der Waals surface area contributed by atoms with Crippen LogP contribution in [0.5, 0.6) is 5.75 Å². The summed E-state index contributed by atoms with van der Waals surface area (Å²) < 4.78 is 25.0. The Hall–Kier alpha value is -2.19. The van der Waals surface area contributed by atoms with Gasteiger partial charge in [0.1, 0.15) is 13.3 Å². The number of rotatable bonds is 13. The van der Waals surface area contributed by atoms with E-state index in [1.807, 2.05) is 0 Å². The first-order chi connectivity index (χ1) is 14.0. The van der Waals surface area contributed by atoms with E-state index in [2.05, 4.69) is 17.6 Å². The third-order valence-corrected chi connectivity index (χ3v) is 5.16. The van der Waals surface area contributed by atoms with E-state index in [0.29, 0.717) is 24.9 Å². The highest BCUT2D eigenvalue weighted by molar-refractivity contribution is 6.01. The lowest BCUT2D eigenvalue weighted by molar-refractivity contribution is -0.118. The van der Waals surface area contributed by atoms with Gasteiger partial charge < -0.3 is 14.8 Å². The number of hydrogen-bond acceptors (Lipinski definition) is 5. The number of benzene rings is 1. The summed E-state index contributed by atoms with van der Waals surface area (Å²) in [4.78, 5) is 23.8. The molecule has 2 N–H and O–H groups in total. The van der Waals surface area contributed by atoms with Gasteiger partial charge >= 0.3 is 6.03 Å². The fourth-order valence-electron chi connectivity index (χ4n) is 3.10. The van der Waals surface area contributed by atoms with Crippen LogP contribution in [0.4, 0.5) is 9.18 Å². The van der Waals surface area contributed by atoms with E-state index in [-0.39, 0.29) is 31.0 Å². The molecule has 0 unspecified atom stereocenters. The molecule has 1 aromatic rings. The summed E-state index contributed by atoms with van der Waals surface area (Å²) in [5, 5.41) is 5.66. The molecule has 8 heteroatoms. The zero-order chi connectivity index (χ0) is 20.6. The molecule has 0 bridgehead atoms. The topological polar surface area (TPSA) is 79.9 Å². The molecule has 1 atom stereocenters. The number of halogens is 1. The maximum absolute atomic E-state index is 13.9. The lowest BCUT2D eigenvalue weighted by atomic mass is 10.1. The van der Waals surface area contributed by atoms with Gasteiger partial charge in [0.05, 0.1) is 6.61 Å². The van der Waals surface area contributed by atoms with Crippen molar-refractivity contribution < 1.29 is 23.5 Å². The van der Waals surface area contributed by atoms with Crippen molar-refractivity contribution in [1.82, 2.24) is 15.5 Å². The highest BCUT2D eigenvalue weighted by Gasteiger charge is 2.26. The molecule has 1 saturated carbocycles. The molecule has 1 aliphatic heterocycles. The van der Waals surface area contributed by atoms with Crippen LogP contribution in [0.2, 0.25) is 0 Å². The number of unbranched alkanes of at least 4 members (excludes halogenated alkanes) is 2. The number of nitrogens with zero attached hydrogens (tertiary/aromatic N) is 1. The number of imide groups is 1. The lowest BCUT2D eigenvalue weighted by Gasteiger charge is -2.16. The molecule has 3 amide bonds. The van der Waals surface area contributed by atoms with Crippen molar-refractivity contribution in [2.45, 2.75) is 45.1 Å². The van der Waals surface area contributed by atoms with Gasteiger partial charge in [0, 0.05) is 12.6 Å². The summed E-state index contributed by atoms with van der Waals surface area (Å²) in [5.74, 6) is 0.333. The van der Waals surface area contributed by atoms with Crippen molar-refractivity contribution in [1.29, 1.82) is 0 Å². The van der Waals surface area contributed by atoms with Gasteiger partial charge in [0.15, 0.2) is 11.6 Å². The maximum atomic E-state index is 13.9. The van der Waals surface area contributed by atoms with Crippen LogP contribution in [-0.4, -0.2) is 49.9 Å². The Kier molecular flexibility index (Phi) is 7.83. The number of hydrogen-bond donors (Lipinski definition) is 2. The van der Waals surface area contributed by atoms with Crippen molar-refractivity contribution >= 4 is 11.9 Å². The van der Waals surface area contributed by atoms with Crippen molar-refractivity contribution in [2.75, 3.05) is 33.0 Å². The summed E-state index contributed by atoms with van der Waals surface area (Å²) in [6, 6.07) is 4.78. The second-order valence-corrected chi connectivity index (χ2v) is 7.77. The largest absolute Gasteiger partial charge is 0.490 e. The van der Waals surface area contributed by atoms with E-state index in [4.69, 9.17) is 9.47 Å². The SMILES string of the molecule is C[C@@H](NCCCCCOCN1CC(=O)NC1=O)c1ccc(F)c(OCC2CC2)c1. The van der Waals surface area contributed by atoms with E-state index in [1.165, 1.54) is 23.8 Å². The first kappa shape index (κ1) is 21.5. The number of carbonyl (C=O) groups is 2. The van der Waals surface area contributed by atoms with Crippen molar-refractivity contribution in [3.63, 3.8) is 0 Å². The van der Waals surface area contributed by atoms with Gasteiger partial charge in [-0.1, -0.05) is 6.07 Å². The van der Waals surface area contributed by atoms with E-state index in [0.717, 1.165) is 31.4 Å². The molecule has 0 radical (unpaired) electrons. The predicted octanol–water partition coefficient (Wildman–Crippen LogP) is 2.96. The Morgan fingerprint density at radius 1 is 1.28 bits per heavy atom. The average Bonchev–Trinajstić information content (AvgIpc) is 3.47. The van der Waals surface area contributed by atoms with E-state index >= 15 is 0 Å². The molecule has 1 heterocycles. The van der Waals surface area contributed by atoms with Crippen LogP contribution in [0, 0.1) is 11.7 Å². The summed E-state index contributed by atoms with van der Waals surface area (Å²) in [6.07, 6.45) is 5.22. The molecule has 1 aliphatic carbocycles. The molecule has 29 heavy (non-hydrogen) atoms. The number of ether oxygens (including phenoxy) is 2. The number of urea groups is 1. The van der Waals surface area contributed by atoms with Crippen LogP contribution in [0.1, 0.15) is 50.6 Å². The Balaban J connectivity index is 1.26. The summed E-state index contributed by atoms with van der Waals surface area (Å²) >= 11 is 0. The van der Waals surface area contributed by atoms with E-state index < -0.39 is 6.03 Å². The molecule has 160 valence electrons. The van der Waals surface area contributed by atoms with Crippen molar-refractivity contribution in [3.8, 4) is 5.75 Å². The molecule has 1 saturated heterocycles. The molecule has 1 aromatic carbocycles. The average molecular weight is 407 g/mol. The fraction of sp³-hybridized carbons (Fsp3) is 0.619. The quantitative estimate of drug-likeness (QED) is 0.388. The zero-order valence-corrected chi connectivity index (χ0v) is 16.9. The maximum Gasteiger partial charge on any atom is 0.326 e. The highest BCUT2D eigenvalue weighted by atomic mass is 19.1. The smallest absolute Gasteiger partial charge is 0.326 e. The minimum atomic E-state index is -0.393. The van der Waals surface area contributed by atoms with Crippen molar-refractivity contribution in [2.24, 2.45) is 5.92 Å². The molecule has 0 aromatic heterocycles. The summed E-state index contributed by atoms with van der Waals surface area (Å²) in [5.41, 5.74) is 1.01. The Bertz CT molecular complexity index is 711. The number of nitrogens with one attached hydrogen (secondary N) is 2. The molecular weight excluding hydrogens is 377 g/mol. The van der Waals surface area contributed by atoms with Crippen LogP contribution in [0.3, 0.4) is 0 Å². The van der Waals surface area contributed by atoms with Crippen LogP contribution in [0.25, 0.3) is 0 Å². The predicted molar refractivity (Wildman–Crippen MR) is 106 cm³/mol. The molecule has 2 fully saturated rings. The highest BCUT2D eigenvalue weighted by Crippen LogP contribution is 2.31. The number of carbonyl (C=O) groups excluding carboxylic acids is 2. The van der Waals surface area contributed by atoms with E-state index in [1.54, 1.807) is 12.1 Å². The second-order valence-electron chi connectivity index (χ2n) is 7.77. The van der Waals surface area contributed by atoms with Gasteiger partial charge in [-0.2, -0.15) is 0 Å². The summed E-state index contributed by atoms with van der Waals surface area (Å²) in [6.45, 7) is 4.26. The lowest BCUT2D eigenvalue weighted by Crippen LogP contribution is -2.30. The molecule has 3 rings (SSSR count). The van der Waals surface area contributed by atoms with Crippen LogP contribution < -0.4 is 15.4 Å². The second kappa shape index (κ2) is 10.5. The summed E-state index contributed by atoms with van der Waals surface area (Å²) in [7, 11) is 0. The van der Waals surface area contributed by atoms with Gasteiger partial charge in [-0.25, -0.2) is 9.18 Å². The van der Waals surface area contributed by atoms with E-state index in [9.17, 15) is 14.0 Å². The first-order valence-corrected chi connectivity index (χ1v) is 10.3. The van der Waals surface area contributed by atoms with Crippen molar-refractivity contribution in [3.05, 3.63) is 29.6 Å². The van der Waals surface area contributed by atoms with Gasteiger partial charge in [-0.05, 0) is 69.2 Å². The van der Waals surface area contributed by atoms with Gasteiger partial charge in [0.2, 0.25) is 5.91 Å². The monoisotopic (exact) mass is 407 g/mol. The normalized spacial score (nSPS) is 17.5. The Morgan fingerprint density at radius 2 is 2.10 bits per heavy atom. The standard InChI is InChI=1S/C21H30FN3O4/c1-15(17-7-8-18(22)19(11-17)29-13-16-5-6-16)23-9-3-2-4-10-28-14-25-12-20(26)24-21(25)27/h7-8,11,15-16,23H,2-6,9-10,12-14H2,1H3,(H,24,26,27)/t15-/m1/s1. The number of amides is 3. The first-order valence-electron chi connectivity index (χ1n) is 10.3. The van der Waals surface area contributed by atoms with Gasteiger partial charge in [-0.15, -0.1) is 0 Å². The fourth-order valence-corrected chi connectivity index (χ4v) is 3.10. The minimum absolute atomic E-state index is 0.0668. The Morgan fingerprint density at radius 3 is 2.83 bits per heavy atom. The minimum Gasteiger partial charge on any atom is -0.490 e. The zero-order valence-electron chi connectivity index (χ0n) is 16.9. The Labute approximate surface area is 170 Å². The van der Waals surface area contributed by atoms with Crippen LogP contribution >= 0.6 is 0 Å². The third kappa shape index (κ3) is 6.97. The van der Waals surface area contributed by atoms with Crippen LogP contribution in [-0.2, 0) is 9.53 Å². The molecule has 2 aliphatic rings. The molecule has 0 spiro atoms. The molecule has 7 nitrogen and oxygen atoms in total.